The number of aromatic hydroxyl groups is 1. The van der Waals surface area contributed by atoms with Crippen molar-refractivity contribution >= 4 is 0 Å². The molecule has 1 heteroatoms. The van der Waals surface area contributed by atoms with Gasteiger partial charge in [-0.05, 0) is 40.8 Å². The predicted octanol–water partition coefficient (Wildman–Crippen LogP) is 4.09. The second-order valence-electron chi connectivity index (χ2n) is 4.53. The van der Waals surface area contributed by atoms with Gasteiger partial charge in [0.05, 0.1) is 0 Å². The molecule has 0 unspecified atom stereocenters. The molecule has 3 rings (SSSR count). The molecule has 0 bridgehead atoms. The van der Waals surface area contributed by atoms with Crippen LogP contribution in [0.1, 0.15) is 11.1 Å². The molecule has 0 aliphatic heterocycles. The lowest BCUT2D eigenvalue weighted by atomic mass is 10.1. The van der Waals surface area contributed by atoms with Gasteiger partial charge in [-0.15, -0.1) is 0 Å². The summed E-state index contributed by atoms with van der Waals surface area (Å²) in [7, 11) is 0. The van der Waals surface area contributed by atoms with E-state index in [9.17, 15) is 5.11 Å². The van der Waals surface area contributed by atoms with Crippen LogP contribution in [0.3, 0.4) is 0 Å². The van der Waals surface area contributed by atoms with Crippen molar-refractivity contribution in [1.82, 2.24) is 0 Å². The summed E-state index contributed by atoms with van der Waals surface area (Å²) in [6.07, 6.45) is 0.901. The summed E-state index contributed by atoms with van der Waals surface area (Å²) in [5.74, 6) is 0.318. The van der Waals surface area contributed by atoms with Crippen LogP contribution in [0, 0.1) is 0 Å². The first-order valence-corrected chi connectivity index (χ1v) is 6.07. The maximum Gasteiger partial charge on any atom is 0.115 e. The molecule has 18 heavy (non-hydrogen) atoms. The summed E-state index contributed by atoms with van der Waals surface area (Å²) in [4.78, 5) is 0. The van der Waals surface area contributed by atoms with Gasteiger partial charge >= 0.3 is 0 Å². The van der Waals surface area contributed by atoms with E-state index in [4.69, 9.17) is 0 Å². The summed E-state index contributed by atoms with van der Waals surface area (Å²) in [5, 5.41) is 9.26. The lowest BCUT2D eigenvalue weighted by molar-refractivity contribution is 0.475. The minimum Gasteiger partial charge on any atom is -0.508 e. The van der Waals surface area contributed by atoms with Crippen LogP contribution in [0.5, 0.6) is 5.75 Å². The van der Waals surface area contributed by atoms with E-state index in [1.54, 1.807) is 12.1 Å². The molecule has 1 aromatic rings. The van der Waals surface area contributed by atoms with E-state index in [1.807, 2.05) is 18.2 Å². The van der Waals surface area contributed by atoms with Crippen molar-refractivity contribution in [3.63, 3.8) is 0 Å². The SMILES string of the molecule is Oc1ccc(Cc2cc3cccccc-3c2)cc1. The van der Waals surface area contributed by atoms with Gasteiger partial charge in [0.2, 0.25) is 0 Å². The zero-order valence-electron chi connectivity index (χ0n) is 10.0. The molecule has 88 valence electrons. The molecule has 1 aromatic carbocycles. The fraction of sp³-hybridized carbons (Fsp3) is 0.0588. The Morgan fingerprint density at radius 2 is 1.28 bits per heavy atom. The van der Waals surface area contributed by atoms with Crippen LogP contribution in [0.4, 0.5) is 0 Å². The molecule has 0 radical (unpaired) electrons. The van der Waals surface area contributed by atoms with Crippen LogP contribution in [0.25, 0.3) is 11.1 Å². The van der Waals surface area contributed by atoms with Gasteiger partial charge < -0.3 is 5.11 Å². The molecule has 0 saturated carbocycles. The minimum atomic E-state index is 0.318. The van der Waals surface area contributed by atoms with Crippen molar-refractivity contribution in [3.8, 4) is 16.9 Å². The Labute approximate surface area is 107 Å². The third-order valence-electron chi connectivity index (χ3n) is 3.13. The first-order valence-electron chi connectivity index (χ1n) is 6.07. The molecule has 0 saturated heterocycles. The smallest absolute Gasteiger partial charge is 0.115 e. The molecule has 2 aliphatic rings. The lowest BCUT2D eigenvalue weighted by Crippen LogP contribution is -1.83. The molecule has 0 fully saturated rings. The van der Waals surface area contributed by atoms with Gasteiger partial charge in [0.1, 0.15) is 5.75 Å². The Kier molecular flexibility index (Phi) is 2.73. The average Bonchev–Trinajstić information content (AvgIpc) is 2.62. The molecule has 0 amide bonds. The van der Waals surface area contributed by atoms with E-state index >= 15 is 0 Å². The number of hydrogen-bond acceptors (Lipinski definition) is 1. The van der Waals surface area contributed by atoms with Crippen molar-refractivity contribution in [1.29, 1.82) is 0 Å². The van der Waals surface area contributed by atoms with Gasteiger partial charge in [0.25, 0.3) is 0 Å². The third kappa shape index (κ3) is 2.21. The topological polar surface area (TPSA) is 20.2 Å². The summed E-state index contributed by atoms with van der Waals surface area (Å²) < 4.78 is 0. The summed E-state index contributed by atoms with van der Waals surface area (Å²) in [6.45, 7) is 0. The van der Waals surface area contributed by atoms with Crippen molar-refractivity contribution in [2.45, 2.75) is 6.42 Å². The Bertz CT molecular complexity index is 595. The van der Waals surface area contributed by atoms with E-state index in [1.165, 1.54) is 22.3 Å². The van der Waals surface area contributed by atoms with Crippen LogP contribution in [-0.4, -0.2) is 5.11 Å². The second-order valence-corrected chi connectivity index (χ2v) is 4.53. The van der Waals surface area contributed by atoms with Crippen LogP contribution in [-0.2, 0) is 6.42 Å². The largest absolute Gasteiger partial charge is 0.508 e. The molecule has 1 nitrogen and oxygen atoms in total. The number of fused-ring (bicyclic) bond motifs is 1. The lowest BCUT2D eigenvalue weighted by Gasteiger charge is -1.98. The number of phenolic OH excluding ortho intramolecular Hbond substituents is 1. The monoisotopic (exact) mass is 234 g/mol. The Balaban J connectivity index is 1.92. The molecule has 2 aliphatic carbocycles. The molecule has 0 aromatic heterocycles. The van der Waals surface area contributed by atoms with Gasteiger partial charge in [-0.25, -0.2) is 0 Å². The predicted molar refractivity (Wildman–Crippen MR) is 74.0 cm³/mol. The minimum absolute atomic E-state index is 0.318. The van der Waals surface area contributed by atoms with Crippen LogP contribution >= 0.6 is 0 Å². The fourth-order valence-electron chi connectivity index (χ4n) is 2.23. The number of benzene rings is 1. The van der Waals surface area contributed by atoms with Crippen LogP contribution in [0.2, 0.25) is 0 Å². The maximum absolute atomic E-state index is 9.26. The van der Waals surface area contributed by atoms with E-state index in [0.717, 1.165) is 6.42 Å². The zero-order chi connectivity index (χ0) is 12.4. The van der Waals surface area contributed by atoms with Gasteiger partial charge in [-0.2, -0.15) is 0 Å². The van der Waals surface area contributed by atoms with Gasteiger partial charge in [-0.1, -0.05) is 54.6 Å². The van der Waals surface area contributed by atoms with Crippen molar-refractivity contribution < 1.29 is 5.11 Å². The summed E-state index contributed by atoms with van der Waals surface area (Å²) in [6, 6.07) is 22.3. The maximum atomic E-state index is 9.26. The standard InChI is InChI=1S/C17H14O/c18-17-8-6-13(7-9-17)10-14-11-15-4-2-1-3-5-16(15)12-14/h1-9,11-12,18H,10H2. The highest BCUT2D eigenvalue weighted by Gasteiger charge is 2.05. The van der Waals surface area contributed by atoms with Crippen LogP contribution < -0.4 is 0 Å². The second kappa shape index (κ2) is 4.53. The first-order chi connectivity index (χ1) is 8.81. The van der Waals surface area contributed by atoms with Gasteiger partial charge in [0.15, 0.2) is 0 Å². The summed E-state index contributed by atoms with van der Waals surface area (Å²) in [5.41, 5.74) is 5.07. The summed E-state index contributed by atoms with van der Waals surface area (Å²) >= 11 is 0. The highest BCUT2D eigenvalue weighted by atomic mass is 16.3. The molecule has 0 heterocycles. The van der Waals surface area contributed by atoms with E-state index in [-0.39, 0.29) is 0 Å². The average molecular weight is 234 g/mol. The van der Waals surface area contributed by atoms with E-state index < -0.39 is 0 Å². The molecule has 1 N–H and O–H groups in total. The number of phenols is 1. The third-order valence-corrected chi connectivity index (χ3v) is 3.13. The fourth-order valence-corrected chi connectivity index (χ4v) is 2.23. The van der Waals surface area contributed by atoms with E-state index in [0.29, 0.717) is 5.75 Å². The highest BCUT2D eigenvalue weighted by molar-refractivity contribution is 5.68. The van der Waals surface area contributed by atoms with Gasteiger partial charge in [-0.3, -0.25) is 0 Å². The highest BCUT2D eigenvalue weighted by Crippen LogP contribution is 2.26. The van der Waals surface area contributed by atoms with E-state index in [2.05, 4.69) is 36.4 Å². The van der Waals surface area contributed by atoms with Crippen molar-refractivity contribution in [2.24, 2.45) is 0 Å². The Morgan fingerprint density at radius 3 is 1.89 bits per heavy atom. The Hall–Kier alpha value is -2.28. The van der Waals surface area contributed by atoms with Crippen LogP contribution in [0.15, 0.2) is 66.7 Å². The zero-order valence-corrected chi connectivity index (χ0v) is 10.0. The quantitative estimate of drug-likeness (QED) is 0.708. The number of rotatable bonds is 2. The molecular formula is C17H14O. The normalized spacial score (nSPS) is 10.7. The van der Waals surface area contributed by atoms with Gasteiger partial charge in [0, 0.05) is 0 Å². The number of hydrogen-bond donors (Lipinski definition) is 1. The molecule has 0 spiro atoms. The molecular weight excluding hydrogens is 220 g/mol. The first kappa shape index (κ1) is 10.8. The van der Waals surface area contributed by atoms with Crippen molar-refractivity contribution in [2.75, 3.05) is 0 Å². The molecule has 0 atom stereocenters. The van der Waals surface area contributed by atoms with Crippen molar-refractivity contribution in [3.05, 3.63) is 77.9 Å². The Morgan fingerprint density at radius 1 is 0.667 bits per heavy atom.